The van der Waals surface area contributed by atoms with Gasteiger partial charge in [0, 0.05) is 45.8 Å². The standard InChI is InChI=1S/C19H33N3O2/c1-16-4-3-5-17(2)18(16)14-20-6-8-21(9-7-20)15-19(23)22-10-12-24-13-11-22/h4,17-18H,3,5-15H2,1-2H3/t17-,18-/m1/s1. The topological polar surface area (TPSA) is 36.0 Å². The smallest absolute Gasteiger partial charge is 0.236 e. The first-order valence-corrected chi connectivity index (χ1v) is 9.60. The zero-order chi connectivity index (χ0) is 16.9. The molecule has 5 heteroatoms. The number of nitrogens with zero attached hydrogens (tertiary/aromatic N) is 3. The highest BCUT2D eigenvalue weighted by Crippen LogP contribution is 2.30. The highest BCUT2D eigenvalue weighted by Gasteiger charge is 2.27. The van der Waals surface area contributed by atoms with Crippen molar-refractivity contribution in [1.82, 2.24) is 14.7 Å². The van der Waals surface area contributed by atoms with Gasteiger partial charge in [0.1, 0.15) is 0 Å². The maximum absolute atomic E-state index is 12.4. The number of allylic oxidation sites excluding steroid dienone is 1. The average molecular weight is 335 g/mol. The SMILES string of the molecule is CC1=CCC[C@@H](C)[C@@H]1CN1CCN(CC(=O)N2CCOCC2)CC1. The fraction of sp³-hybridized carbons (Fsp3) is 0.842. The Morgan fingerprint density at radius 2 is 1.79 bits per heavy atom. The van der Waals surface area contributed by atoms with Gasteiger partial charge in [-0.15, -0.1) is 0 Å². The van der Waals surface area contributed by atoms with Gasteiger partial charge in [-0.05, 0) is 31.6 Å². The van der Waals surface area contributed by atoms with Crippen LogP contribution in [0.2, 0.25) is 0 Å². The predicted molar refractivity (Wildman–Crippen MR) is 95.9 cm³/mol. The summed E-state index contributed by atoms with van der Waals surface area (Å²) >= 11 is 0. The maximum Gasteiger partial charge on any atom is 0.236 e. The number of rotatable bonds is 4. The summed E-state index contributed by atoms with van der Waals surface area (Å²) in [7, 11) is 0. The van der Waals surface area contributed by atoms with E-state index in [2.05, 4.69) is 29.7 Å². The number of hydrogen-bond acceptors (Lipinski definition) is 4. The molecule has 0 aromatic rings. The molecule has 0 bridgehead atoms. The van der Waals surface area contributed by atoms with E-state index < -0.39 is 0 Å². The number of ether oxygens (including phenoxy) is 1. The number of amides is 1. The predicted octanol–water partition coefficient (Wildman–Crippen LogP) is 1.46. The Morgan fingerprint density at radius 3 is 2.46 bits per heavy atom. The minimum Gasteiger partial charge on any atom is -0.378 e. The summed E-state index contributed by atoms with van der Waals surface area (Å²) in [5.41, 5.74) is 1.58. The normalized spacial score (nSPS) is 30.2. The lowest BCUT2D eigenvalue weighted by molar-refractivity contribution is -0.136. The van der Waals surface area contributed by atoms with Crippen molar-refractivity contribution in [3.8, 4) is 0 Å². The van der Waals surface area contributed by atoms with Gasteiger partial charge in [-0.2, -0.15) is 0 Å². The Bertz CT molecular complexity index is 452. The van der Waals surface area contributed by atoms with Crippen molar-refractivity contribution in [2.24, 2.45) is 11.8 Å². The van der Waals surface area contributed by atoms with Crippen LogP contribution in [0.4, 0.5) is 0 Å². The van der Waals surface area contributed by atoms with Gasteiger partial charge >= 0.3 is 0 Å². The van der Waals surface area contributed by atoms with Crippen LogP contribution < -0.4 is 0 Å². The molecule has 0 N–H and O–H groups in total. The molecule has 0 aromatic carbocycles. The molecule has 0 unspecified atom stereocenters. The molecule has 0 saturated carbocycles. The monoisotopic (exact) mass is 335 g/mol. The third-order valence-electron chi connectivity index (χ3n) is 6.00. The first-order chi connectivity index (χ1) is 11.6. The van der Waals surface area contributed by atoms with Crippen molar-refractivity contribution < 1.29 is 9.53 Å². The van der Waals surface area contributed by atoms with E-state index in [1.807, 2.05) is 4.90 Å². The highest BCUT2D eigenvalue weighted by atomic mass is 16.5. The Hall–Kier alpha value is -0.910. The average Bonchev–Trinajstić information content (AvgIpc) is 2.60. The van der Waals surface area contributed by atoms with Crippen LogP contribution in [-0.2, 0) is 9.53 Å². The fourth-order valence-corrected chi connectivity index (χ4v) is 4.21. The molecule has 0 radical (unpaired) electrons. The molecular weight excluding hydrogens is 302 g/mol. The molecule has 0 spiro atoms. The Labute approximate surface area is 146 Å². The number of morpholine rings is 1. The Kier molecular flexibility index (Phi) is 6.31. The summed E-state index contributed by atoms with van der Waals surface area (Å²) in [5, 5.41) is 0. The number of carbonyl (C=O) groups excluding carboxylic acids is 1. The minimum absolute atomic E-state index is 0.270. The van der Waals surface area contributed by atoms with Gasteiger partial charge in [0.25, 0.3) is 0 Å². The van der Waals surface area contributed by atoms with Crippen LogP contribution in [0.3, 0.4) is 0 Å². The number of piperazine rings is 1. The molecule has 3 aliphatic rings. The van der Waals surface area contributed by atoms with Crippen LogP contribution in [0.1, 0.15) is 26.7 Å². The van der Waals surface area contributed by atoms with Gasteiger partial charge in [-0.1, -0.05) is 18.6 Å². The summed E-state index contributed by atoms with van der Waals surface area (Å²) < 4.78 is 5.32. The van der Waals surface area contributed by atoms with Gasteiger partial charge in [-0.25, -0.2) is 0 Å². The largest absolute Gasteiger partial charge is 0.378 e. The molecule has 2 heterocycles. The lowest BCUT2D eigenvalue weighted by atomic mass is 9.80. The quantitative estimate of drug-likeness (QED) is 0.729. The van der Waals surface area contributed by atoms with Gasteiger partial charge in [-0.3, -0.25) is 9.69 Å². The van der Waals surface area contributed by atoms with E-state index in [0.29, 0.717) is 19.8 Å². The second-order valence-corrected chi connectivity index (χ2v) is 7.68. The zero-order valence-corrected chi connectivity index (χ0v) is 15.4. The molecule has 2 atom stereocenters. The van der Waals surface area contributed by atoms with Crippen LogP contribution >= 0.6 is 0 Å². The number of hydrogen-bond donors (Lipinski definition) is 0. The summed E-state index contributed by atoms with van der Waals surface area (Å²) in [6, 6.07) is 0. The second-order valence-electron chi connectivity index (χ2n) is 7.68. The van der Waals surface area contributed by atoms with Crippen LogP contribution in [-0.4, -0.2) is 86.2 Å². The van der Waals surface area contributed by atoms with Crippen molar-refractivity contribution in [3.05, 3.63) is 11.6 Å². The van der Waals surface area contributed by atoms with E-state index in [1.54, 1.807) is 5.57 Å². The van der Waals surface area contributed by atoms with Crippen molar-refractivity contribution in [1.29, 1.82) is 0 Å². The van der Waals surface area contributed by atoms with Gasteiger partial charge in [0.05, 0.1) is 19.8 Å². The van der Waals surface area contributed by atoms with Crippen molar-refractivity contribution in [2.75, 3.05) is 65.6 Å². The Morgan fingerprint density at radius 1 is 1.12 bits per heavy atom. The minimum atomic E-state index is 0.270. The second kappa shape index (κ2) is 8.45. The van der Waals surface area contributed by atoms with E-state index in [-0.39, 0.29) is 5.91 Å². The lowest BCUT2D eigenvalue weighted by Crippen LogP contribution is -2.52. The summed E-state index contributed by atoms with van der Waals surface area (Å²) in [5.74, 6) is 1.79. The fourth-order valence-electron chi connectivity index (χ4n) is 4.21. The molecule has 2 fully saturated rings. The molecule has 5 nitrogen and oxygen atoms in total. The Balaban J connectivity index is 1.41. The van der Waals surface area contributed by atoms with E-state index >= 15 is 0 Å². The van der Waals surface area contributed by atoms with Crippen molar-refractivity contribution >= 4 is 5.91 Å². The maximum atomic E-state index is 12.4. The van der Waals surface area contributed by atoms with E-state index in [9.17, 15) is 4.79 Å². The third-order valence-corrected chi connectivity index (χ3v) is 6.00. The molecule has 136 valence electrons. The van der Waals surface area contributed by atoms with Gasteiger partial charge in [0.2, 0.25) is 5.91 Å². The molecule has 2 saturated heterocycles. The summed E-state index contributed by atoms with van der Waals surface area (Å²) in [6.07, 6.45) is 5.01. The van der Waals surface area contributed by atoms with Crippen LogP contribution in [0.25, 0.3) is 0 Å². The van der Waals surface area contributed by atoms with Crippen molar-refractivity contribution in [2.45, 2.75) is 26.7 Å². The van der Waals surface area contributed by atoms with Crippen LogP contribution in [0.5, 0.6) is 0 Å². The van der Waals surface area contributed by atoms with Crippen LogP contribution in [0.15, 0.2) is 11.6 Å². The summed E-state index contributed by atoms with van der Waals surface area (Å²) in [6.45, 7) is 13.6. The lowest BCUT2D eigenvalue weighted by Gasteiger charge is -2.39. The molecule has 24 heavy (non-hydrogen) atoms. The van der Waals surface area contributed by atoms with E-state index in [4.69, 9.17) is 4.74 Å². The summed E-state index contributed by atoms with van der Waals surface area (Å²) in [4.78, 5) is 19.2. The number of carbonyl (C=O) groups is 1. The van der Waals surface area contributed by atoms with Gasteiger partial charge < -0.3 is 14.5 Å². The van der Waals surface area contributed by atoms with E-state index in [0.717, 1.165) is 51.1 Å². The molecular formula is C19H33N3O2. The van der Waals surface area contributed by atoms with Crippen LogP contribution in [0, 0.1) is 11.8 Å². The van der Waals surface area contributed by atoms with Gasteiger partial charge in [0.15, 0.2) is 0 Å². The molecule has 1 aliphatic carbocycles. The third kappa shape index (κ3) is 4.58. The van der Waals surface area contributed by atoms with E-state index in [1.165, 1.54) is 19.4 Å². The molecule has 3 rings (SSSR count). The molecule has 2 aliphatic heterocycles. The molecule has 0 aromatic heterocycles. The zero-order valence-electron chi connectivity index (χ0n) is 15.4. The van der Waals surface area contributed by atoms with Crippen molar-refractivity contribution in [3.63, 3.8) is 0 Å². The first-order valence-electron chi connectivity index (χ1n) is 9.60. The highest BCUT2D eigenvalue weighted by molar-refractivity contribution is 5.78. The first kappa shape index (κ1) is 17.9. The molecule has 1 amide bonds.